The molecule has 0 radical (unpaired) electrons. The largest absolute Gasteiger partial charge is 0.494 e. The molecule has 0 spiro atoms. The highest BCUT2D eigenvalue weighted by molar-refractivity contribution is 7.12. The standard InChI is InChI=1S/C23H37BNO2S/c1-22(2,3)20-16-18(21(28-20)23(4,5)6)12-9-7-8-10-14-25-15-11-13-19(17-25)24(26)27/h11,13,15-17,26-27H,7-10,12,14H2,1-6H3/q+1. The molecule has 0 amide bonds. The van der Waals surface area contributed by atoms with Crippen LogP contribution in [-0.2, 0) is 23.8 Å². The summed E-state index contributed by atoms with van der Waals surface area (Å²) in [4.78, 5) is 3.04. The van der Waals surface area contributed by atoms with Crippen molar-refractivity contribution in [1.82, 2.24) is 0 Å². The third-order valence-electron chi connectivity index (χ3n) is 5.02. The maximum atomic E-state index is 9.27. The van der Waals surface area contributed by atoms with Crippen LogP contribution in [-0.4, -0.2) is 17.2 Å². The zero-order chi connectivity index (χ0) is 20.9. The summed E-state index contributed by atoms with van der Waals surface area (Å²) in [5.41, 5.74) is 2.52. The Morgan fingerprint density at radius 2 is 1.64 bits per heavy atom. The average molecular weight is 402 g/mol. The van der Waals surface area contributed by atoms with E-state index < -0.39 is 7.12 Å². The Balaban J connectivity index is 1.84. The van der Waals surface area contributed by atoms with Gasteiger partial charge in [0.05, 0.1) is 0 Å². The first-order valence-corrected chi connectivity index (χ1v) is 11.3. The second-order valence-corrected chi connectivity index (χ2v) is 10.9. The predicted molar refractivity (Wildman–Crippen MR) is 120 cm³/mol. The van der Waals surface area contributed by atoms with Gasteiger partial charge in [-0.2, -0.15) is 0 Å². The van der Waals surface area contributed by atoms with E-state index in [2.05, 4.69) is 47.6 Å². The van der Waals surface area contributed by atoms with Crippen LogP contribution in [0.3, 0.4) is 0 Å². The Morgan fingerprint density at radius 3 is 2.25 bits per heavy atom. The molecule has 0 aliphatic rings. The fraction of sp³-hybridized carbons (Fsp3) is 0.609. The maximum absolute atomic E-state index is 9.27. The van der Waals surface area contributed by atoms with E-state index in [-0.39, 0.29) is 10.8 Å². The number of hydrogen-bond donors (Lipinski definition) is 2. The first-order valence-electron chi connectivity index (χ1n) is 10.5. The highest BCUT2D eigenvalue weighted by atomic mass is 32.1. The van der Waals surface area contributed by atoms with Crippen molar-refractivity contribution in [3.63, 3.8) is 0 Å². The highest BCUT2D eigenvalue weighted by Gasteiger charge is 2.25. The van der Waals surface area contributed by atoms with E-state index in [1.54, 1.807) is 16.5 Å². The van der Waals surface area contributed by atoms with E-state index in [9.17, 15) is 10.0 Å². The molecule has 3 nitrogen and oxygen atoms in total. The van der Waals surface area contributed by atoms with Gasteiger partial charge in [0.15, 0.2) is 12.4 Å². The summed E-state index contributed by atoms with van der Waals surface area (Å²) in [6.07, 6.45) is 9.73. The van der Waals surface area contributed by atoms with Gasteiger partial charge < -0.3 is 10.0 Å². The molecule has 2 heterocycles. The minimum atomic E-state index is -1.40. The lowest BCUT2D eigenvalue weighted by Crippen LogP contribution is -2.41. The van der Waals surface area contributed by atoms with E-state index >= 15 is 0 Å². The fourth-order valence-electron chi connectivity index (χ4n) is 3.42. The first kappa shape index (κ1) is 23.1. The summed E-state index contributed by atoms with van der Waals surface area (Å²) >= 11 is 2.00. The molecule has 5 heteroatoms. The maximum Gasteiger partial charge on any atom is 0.494 e. The number of aryl methyl sites for hydroxylation is 2. The molecule has 0 fully saturated rings. The van der Waals surface area contributed by atoms with Crippen molar-refractivity contribution in [3.05, 3.63) is 45.9 Å². The molecule has 0 saturated heterocycles. The van der Waals surface area contributed by atoms with Crippen molar-refractivity contribution >= 4 is 23.9 Å². The number of unbranched alkanes of at least 4 members (excludes halogenated alkanes) is 3. The van der Waals surface area contributed by atoms with E-state index in [0.717, 1.165) is 13.0 Å². The summed E-state index contributed by atoms with van der Waals surface area (Å²) in [6, 6.07) is 6.06. The lowest BCUT2D eigenvalue weighted by atomic mass is 9.82. The molecule has 2 aromatic rings. The molecule has 2 rings (SSSR count). The molecular formula is C23H37BNO2S+. The summed E-state index contributed by atoms with van der Waals surface area (Å²) < 4.78 is 2.04. The Labute approximate surface area is 175 Å². The smallest absolute Gasteiger partial charge is 0.423 e. The SMILES string of the molecule is CC(C)(C)c1cc(CCCCCC[n+]2cccc(B(O)O)c2)c(C(C)(C)C)s1. The van der Waals surface area contributed by atoms with Crippen LogP contribution in [0.4, 0.5) is 0 Å². The van der Waals surface area contributed by atoms with Crippen molar-refractivity contribution in [2.75, 3.05) is 0 Å². The average Bonchev–Trinajstić information content (AvgIpc) is 3.03. The van der Waals surface area contributed by atoms with Crippen molar-refractivity contribution in [3.8, 4) is 0 Å². The molecule has 0 bridgehead atoms. The summed E-state index contributed by atoms with van der Waals surface area (Å²) in [5.74, 6) is 0. The van der Waals surface area contributed by atoms with Gasteiger partial charge in [-0.3, -0.25) is 0 Å². The molecule has 2 N–H and O–H groups in total. The van der Waals surface area contributed by atoms with Crippen molar-refractivity contribution in [2.45, 2.75) is 91.0 Å². The number of pyridine rings is 1. The van der Waals surface area contributed by atoms with Crippen LogP contribution in [0.2, 0.25) is 0 Å². The van der Waals surface area contributed by atoms with Gasteiger partial charge in [0.2, 0.25) is 0 Å². The Kier molecular flexibility index (Phi) is 7.89. The molecule has 2 aromatic heterocycles. The number of thiophene rings is 1. The molecule has 0 saturated carbocycles. The normalized spacial score (nSPS) is 12.4. The third kappa shape index (κ3) is 6.72. The first-order chi connectivity index (χ1) is 13.0. The van der Waals surface area contributed by atoms with E-state index in [1.807, 2.05) is 34.4 Å². The fourth-order valence-corrected chi connectivity index (χ4v) is 4.74. The minimum Gasteiger partial charge on any atom is -0.423 e. The van der Waals surface area contributed by atoms with Crippen LogP contribution in [0.25, 0.3) is 0 Å². The minimum absolute atomic E-state index is 0.211. The Bertz CT molecular complexity index is 757. The Morgan fingerprint density at radius 1 is 0.964 bits per heavy atom. The summed E-state index contributed by atoms with van der Waals surface area (Å²) in [5, 5.41) is 18.5. The number of rotatable bonds is 8. The van der Waals surface area contributed by atoms with Crippen LogP contribution in [0.5, 0.6) is 0 Å². The van der Waals surface area contributed by atoms with Gasteiger partial charge in [-0.15, -0.1) is 11.3 Å². The van der Waals surface area contributed by atoms with Gasteiger partial charge in [-0.05, 0) is 41.7 Å². The van der Waals surface area contributed by atoms with Gasteiger partial charge in [-0.25, -0.2) is 4.57 Å². The quantitative estimate of drug-likeness (QED) is 0.397. The second-order valence-electron chi connectivity index (χ2n) is 9.88. The predicted octanol–water partition coefficient (Wildman–Crippen LogP) is 4.11. The zero-order valence-corrected chi connectivity index (χ0v) is 19.3. The molecule has 0 atom stereocenters. The van der Waals surface area contributed by atoms with Gasteiger partial charge in [0, 0.05) is 27.7 Å². The van der Waals surface area contributed by atoms with Gasteiger partial charge in [0.1, 0.15) is 6.54 Å². The van der Waals surface area contributed by atoms with E-state index in [1.165, 1.54) is 30.6 Å². The van der Waals surface area contributed by atoms with Gasteiger partial charge in [0.25, 0.3) is 0 Å². The zero-order valence-electron chi connectivity index (χ0n) is 18.5. The van der Waals surface area contributed by atoms with Gasteiger partial charge >= 0.3 is 7.12 Å². The monoisotopic (exact) mass is 402 g/mol. The van der Waals surface area contributed by atoms with E-state index in [0.29, 0.717) is 5.46 Å². The van der Waals surface area contributed by atoms with Crippen LogP contribution in [0, 0.1) is 0 Å². The number of nitrogens with zero attached hydrogens (tertiary/aromatic N) is 1. The lowest BCUT2D eigenvalue weighted by Gasteiger charge is -2.19. The molecule has 0 unspecified atom stereocenters. The van der Waals surface area contributed by atoms with Crippen LogP contribution in [0.1, 0.15) is 82.5 Å². The summed E-state index contributed by atoms with van der Waals surface area (Å²) in [6.45, 7) is 14.8. The topological polar surface area (TPSA) is 44.3 Å². The van der Waals surface area contributed by atoms with Gasteiger partial charge in [-0.1, -0.05) is 54.0 Å². The van der Waals surface area contributed by atoms with Crippen molar-refractivity contribution in [2.24, 2.45) is 0 Å². The number of hydrogen-bond acceptors (Lipinski definition) is 3. The van der Waals surface area contributed by atoms with Crippen LogP contribution < -0.4 is 10.0 Å². The lowest BCUT2D eigenvalue weighted by molar-refractivity contribution is -0.696. The van der Waals surface area contributed by atoms with Crippen molar-refractivity contribution < 1.29 is 14.6 Å². The molecule has 0 aliphatic heterocycles. The second kappa shape index (κ2) is 9.56. The number of aromatic nitrogens is 1. The van der Waals surface area contributed by atoms with Crippen LogP contribution in [0.15, 0.2) is 30.6 Å². The van der Waals surface area contributed by atoms with Crippen LogP contribution >= 0.6 is 11.3 Å². The third-order valence-corrected chi connectivity index (χ3v) is 7.05. The molecule has 154 valence electrons. The highest BCUT2D eigenvalue weighted by Crippen LogP contribution is 2.39. The molecule has 0 aromatic carbocycles. The van der Waals surface area contributed by atoms with Crippen molar-refractivity contribution in [1.29, 1.82) is 0 Å². The molecule has 0 aliphatic carbocycles. The summed E-state index contributed by atoms with van der Waals surface area (Å²) in [7, 11) is -1.40. The molecular weight excluding hydrogens is 365 g/mol. The Hall–Kier alpha value is -1.17. The molecule has 28 heavy (non-hydrogen) atoms. The van der Waals surface area contributed by atoms with E-state index in [4.69, 9.17) is 0 Å².